The van der Waals surface area contributed by atoms with Crippen LogP contribution in [0, 0.1) is 5.92 Å². The van der Waals surface area contributed by atoms with Crippen LogP contribution >= 0.6 is 0 Å². The summed E-state index contributed by atoms with van der Waals surface area (Å²) >= 11 is 0. The van der Waals surface area contributed by atoms with Crippen LogP contribution in [-0.2, 0) is 13.0 Å². The van der Waals surface area contributed by atoms with Crippen LogP contribution in [0.4, 0.5) is 0 Å². The van der Waals surface area contributed by atoms with E-state index in [1.165, 1.54) is 6.42 Å². The smallest absolute Gasteiger partial charge is 0.137 e. The second-order valence-electron chi connectivity index (χ2n) is 6.25. The summed E-state index contributed by atoms with van der Waals surface area (Å²) in [6.07, 6.45) is 2.13. The SMILES string of the molecule is CC(C)Cc1cc(CN[C@@H]2CCNC2(C)C)no1. The molecule has 18 heavy (non-hydrogen) atoms. The predicted octanol–water partition coefficient (Wildman–Crippen LogP) is 2.10. The zero-order valence-electron chi connectivity index (χ0n) is 11.9. The summed E-state index contributed by atoms with van der Waals surface area (Å²) in [4.78, 5) is 0. The van der Waals surface area contributed by atoms with E-state index in [0.29, 0.717) is 12.0 Å². The van der Waals surface area contributed by atoms with Crippen molar-refractivity contribution in [1.82, 2.24) is 15.8 Å². The third-order valence-electron chi connectivity index (χ3n) is 3.63. The zero-order valence-corrected chi connectivity index (χ0v) is 11.9. The molecule has 1 aliphatic rings. The first kappa shape index (κ1) is 13.6. The van der Waals surface area contributed by atoms with Crippen molar-refractivity contribution in [3.05, 3.63) is 17.5 Å². The molecule has 1 aliphatic heterocycles. The van der Waals surface area contributed by atoms with Crippen molar-refractivity contribution in [2.45, 2.75) is 58.7 Å². The second-order valence-corrected chi connectivity index (χ2v) is 6.25. The van der Waals surface area contributed by atoms with Crippen molar-refractivity contribution in [3.63, 3.8) is 0 Å². The monoisotopic (exact) mass is 251 g/mol. The standard InChI is InChI=1S/C14H25N3O/c1-10(2)7-12-8-11(17-18-12)9-15-13-5-6-16-14(13,3)4/h8,10,13,15-16H,5-7,9H2,1-4H3/t13-/m1/s1. The molecule has 0 amide bonds. The van der Waals surface area contributed by atoms with E-state index in [2.05, 4.69) is 49.6 Å². The summed E-state index contributed by atoms with van der Waals surface area (Å²) in [5.74, 6) is 1.60. The lowest BCUT2D eigenvalue weighted by molar-refractivity contribution is 0.337. The topological polar surface area (TPSA) is 50.1 Å². The van der Waals surface area contributed by atoms with Gasteiger partial charge < -0.3 is 15.2 Å². The molecule has 0 radical (unpaired) electrons. The summed E-state index contributed by atoms with van der Waals surface area (Å²) in [7, 11) is 0. The Labute approximate surface area is 110 Å². The number of rotatable bonds is 5. The Morgan fingerprint density at radius 1 is 1.56 bits per heavy atom. The molecule has 1 aromatic heterocycles. The van der Waals surface area contributed by atoms with Gasteiger partial charge in [0.1, 0.15) is 5.76 Å². The van der Waals surface area contributed by atoms with Crippen molar-refractivity contribution < 1.29 is 4.52 Å². The lowest BCUT2D eigenvalue weighted by Gasteiger charge is -2.27. The maximum Gasteiger partial charge on any atom is 0.137 e. The summed E-state index contributed by atoms with van der Waals surface area (Å²) in [5.41, 5.74) is 1.18. The number of hydrogen-bond acceptors (Lipinski definition) is 4. The van der Waals surface area contributed by atoms with Gasteiger partial charge in [0.25, 0.3) is 0 Å². The lowest BCUT2D eigenvalue weighted by Crippen LogP contribution is -2.48. The van der Waals surface area contributed by atoms with E-state index < -0.39 is 0 Å². The van der Waals surface area contributed by atoms with Crippen LogP contribution < -0.4 is 10.6 Å². The average molecular weight is 251 g/mol. The minimum absolute atomic E-state index is 0.171. The molecule has 4 heteroatoms. The van der Waals surface area contributed by atoms with Crippen molar-refractivity contribution in [1.29, 1.82) is 0 Å². The van der Waals surface area contributed by atoms with Crippen LogP contribution in [0.2, 0.25) is 0 Å². The molecule has 1 saturated heterocycles. The molecule has 0 spiro atoms. The third kappa shape index (κ3) is 3.33. The number of nitrogens with zero attached hydrogens (tertiary/aromatic N) is 1. The number of hydrogen-bond donors (Lipinski definition) is 2. The number of nitrogens with one attached hydrogen (secondary N) is 2. The molecule has 1 fully saturated rings. The normalized spacial score (nSPS) is 22.8. The van der Waals surface area contributed by atoms with Gasteiger partial charge in [-0.2, -0.15) is 0 Å². The van der Waals surface area contributed by atoms with E-state index in [-0.39, 0.29) is 5.54 Å². The van der Waals surface area contributed by atoms with Crippen molar-refractivity contribution in [2.75, 3.05) is 6.54 Å². The first-order chi connectivity index (χ1) is 8.47. The molecule has 0 bridgehead atoms. The Balaban J connectivity index is 1.85. The first-order valence-electron chi connectivity index (χ1n) is 6.90. The third-order valence-corrected chi connectivity index (χ3v) is 3.63. The summed E-state index contributed by atoms with van der Waals surface area (Å²) in [5, 5.41) is 11.2. The zero-order chi connectivity index (χ0) is 13.2. The fraction of sp³-hybridized carbons (Fsp3) is 0.786. The minimum Gasteiger partial charge on any atom is -0.361 e. The Bertz CT molecular complexity index is 384. The quantitative estimate of drug-likeness (QED) is 0.841. The highest BCUT2D eigenvalue weighted by Gasteiger charge is 2.33. The Hall–Kier alpha value is -0.870. The van der Waals surface area contributed by atoms with E-state index in [1.807, 2.05) is 0 Å². The first-order valence-corrected chi connectivity index (χ1v) is 6.90. The molecule has 1 atom stereocenters. The Morgan fingerprint density at radius 2 is 2.33 bits per heavy atom. The molecule has 0 saturated carbocycles. The molecule has 2 rings (SSSR count). The molecule has 2 heterocycles. The Morgan fingerprint density at radius 3 is 2.94 bits per heavy atom. The van der Waals surface area contributed by atoms with Crippen LogP contribution in [0.15, 0.2) is 10.6 Å². The van der Waals surface area contributed by atoms with Crippen molar-refractivity contribution >= 4 is 0 Å². The molecule has 2 N–H and O–H groups in total. The molecule has 4 nitrogen and oxygen atoms in total. The van der Waals surface area contributed by atoms with E-state index >= 15 is 0 Å². The maximum absolute atomic E-state index is 5.34. The van der Waals surface area contributed by atoms with Gasteiger partial charge in [-0.15, -0.1) is 0 Å². The summed E-state index contributed by atoms with van der Waals surface area (Å²) in [6, 6.07) is 2.57. The molecular formula is C14H25N3O. The van der Waals surface area contributed by atoms with Crippen LogP contribution in [0.1, 0.15) is 45.6 Å². The van der Waals surface area contributed by atoms with E-state index in [1.54, 1.807) is 0 Å². The molecule has 1 aromatic rings. The van der Waals surface area contributed by atoms with Gasteiger partial charge in [0, 0.05) is 30.6 Å². The molecule has 0 aliphatic carbocycles. The molecule has 102 valence electrons. The van der Waals surface area contributed by atoms with Gasteiger partial charge in [0.05, 0.1) is 5.69 Å². The van der Waals surface area contributed by atoms with Crippen LogP contribution in [0.3, 0.4) is 0 Å². The van der Waals surface area contributed by atoms with Gasteiger partial charge in [-0.25, -0.2) is 0 Å². The maximum atomic E-state index is 5.34. The number of aromatic nitrogens is 1. The molecule has 0 aromatic carbocycles. The van der Waals surface area contributed by atoms with Gasteiger partial charge in [0.15, 0.2) is 0 Å². The highest BCUT2D eigenvalue weighted by Crippen LogP contribution is 2.19. The van der Waals surface area contributed by atoms with Gasteiger partial charge in [-0.1, -0.05) is 19.0 Å². The highest BCUT2D eigenvalue weighted by molar-refractivity contribution is 5.07. The van der Waals surface area contributed by atoms with Crippen molar-refractivity contribution in [3.8, 4) is 0 Å². The highest BCUT2D eigenvalue weighted by atomic mass is 16.5. The summed E-state index contributed by atoms with van der Waals surface area (Å²) in [6.45, 7) is 10.7. The largest absolute Gasteiger partial charge is 0.361 e. The second kappa shape index (κ2) is 5.41. The van der Waals surface area contributed by atoms with Crippen molar-refractivity contribution in [2.24, 2.45) is 5.92 Å². The summed E-state index contributed by atoms with van der Waals surface area (Å²) < 4.78 is 5.34. The fourth-order valence-electron chi connectivity index (χ4n) is 2.55. The Kier molecular flexibility index (Phi) is 4.07. The van der Waals surface area contributed by atoms with Gasteiger partial charge in [0.2, 0.25) is 0 Å². The van der Waals surface area contributed by atoms with Gasteiger partial charge in [-0.05, 0) is 32.7 Å². The molecular weight excluding hydrogens is 226 g/mol. The minimum atomic E-state index is 0.171. The van der Waals surface area contributed by atoms with Crippen LogP contribution in [0.5, 0.6) is 0 Å². The lowest BCUT2D eigenvalue weighted by atomic mass is 9.97. The van der Waals surface area contributed by atoms with E-state index in [0.717, 1.165) is 31.0 Å². The molecule has 0 unspecified atom stereocenters. The van der Waals surface area contributed by atoms with Gasteiger partial charge >= 0.3 is 0 Å². The predicted molar refractivity (Wildman–Crippen MR) is 72.4 cm³/mol. The van der Waals surface area contributed by atoms with Crippen LogP contribution in [-0.4, -0.2) is 23.3 Å². The van der Waals surface area contributed by atoms with E-state index in [4.69, 9.17) is 4.52 Å². The van der Waals surface area contributed by atoms with E-state index in [9.17, 15) is 0 Å². The fourth-order valence-corrected chi connectivity index (χ4v) is 2.55. The average Bonchev–Trinajstić information content (AvgIpc) is 2.81. The van der Waals surface area contributed by atoms with Crippen LogP contribution in [0.25, 0.3) is 0 Å². The van der Waals surface area contributed by atoms with Gasteiger partial charge in [-0.3, -0.25) is 0 Å².